The maximum Gasteiger partial charge on any atom is 0.294 e. The number of aryl methyl sites for hydroxylation is 2. The number of carbonyl (C=O) groups is 1. The molecule has 0 spiro atoms. The molecule has 36 heavy (non-hydrogen) atoms. The van der Waals surface area contributed by atoms with Gasteiger partial charge in [0.25, 0.3) is 5.19 Å². The summed E-state index contributed by atoms with van der Waals surface area (Å²) < 4.78 is 20.2. The van der Waals surface area contributed by atoms with Gasteiger partial charge in [0.15, 0.2) is 0 Å². The lowest BCUT2D eigenvalue weighted by molar-refractivity contribution is -0.128. The minimum Gasteiger partial charge on any atom is -0.495 e. The normalized spacial score (nSPS) is 11.4. The number of carbonyl (C=O) groups excluding carboxylic acids is 1. The Bertz CT molecular complexity index is 1520. The van der Waals surface area contributed by atoms with Gasteiger partial charge in [0.1, 0.15) is 35.0 Å². The third-order valence-electron chi connectivity index (χ3n) is 5.56. The van der Waals surface area contributed by atoms with E-state index in [1.807, 2.05) is 25.3 Å². The number of fused-ring (bicyclic) bond motifs is 2. The van der Waals surface area contributed by atoms with Crippen LogP contribution >= 0.6 is 22.7 Å². The first kappa shape index (κ1) is 24.0. The van der Waals surface area contributed by atoms with E-state index in [1.54, 1.807) is 59.8 Å². The van der Waals surface area contributed by atoms with Gasteiger partial charge in [-0.05, 0) is 24.3 Å². The molecule has 5 aromatic rings. The number of nitrogens with zero attached hydrogens (tertiary/aromatic N) is 7. The van der Waals surface area contributed by atoms with E-state index in [4.69, 9.17) is 19.2 Å². The van der Waals surface area contributed by atoms with Crippen molar-refractivity contribution in [1.82, 2.24) is 34.1 Å². The van der Waals surface area contributed by atoms with E-state index >= 15 is 0 Å². The van der Waals surface area contributed by atoms with E-state index < -0.39 is 0 Å². The van der Waals surface area contributed by atoms with Gasteiger partial charge in [0.05, 0.1) is 37.3 Å². The van der Waals surface area contributed by atoms with Crippen LogP contribution in [-0.2, 0) is 17.8 Å². The maximum absolute atomic E-state index is 11.9. The Hall–Kier alpha value is -3.71. The lowest BCUT2D eigenvalue weighted by atomic mass is 10.3. The van der Waals surface area contributed by atoms with Crippen molar-refractivity contribution in [2.45, 2.75) is 26.4 Å². The number of amides is 1. The van der Waals surface area contributed by atoms with Gasteiger partial charge < -0.3 is 19.1 Å². The number of hydrogen-bond acceptors (Lipinski definition) is 10. The molecular formula is C23H25N7O4S2. The number of thiazole rings is 1. The van der Waals surface area contributed by atoms with E-state index in [-0.39, 0.29) is 12.5 Å². The van der Waals surface area contributed by atoms with Gasteiger partial charge in [-0.25, -0.2) is 19.0 Å². The molecule has 0 aliphatic rings. The van der Waals surface area contributed by atoms with Crippen molar-refractivity contribution in [1.29, 1.82) is 0 Å². The maximum atomic E-state index is 11.9. The molecule has 0 fully saturated rings. The Kier molecular flexibility index (Phi) is 6.49. The topological polar surface area (TPSA) is 108 Å². The van der Waals surface area contributed by atoms with Gasteiger partial charge in [-0.1, -0.05) is 0 Å². The van der Waals surface area contributed by atoms with Gasteiger partial charge in [0, 0.05) is 37.9 Å². The Morgan fingerprint density at radius 2 is 1.86 bits per heavy atom. The number of pyridine rings is 1. The fourth-order valence-electron chi connectivity index (χ4n) is 3.59. The highest BCUT2D eigenvalue weighted by Crippen LogP contribution is 2.31. The molecule has 0 aromatic carbocycles. The summed E-state index contributed by atoms with van der Waals surface area (Å²) >= 11 is 2.95. The van der Waals surface area contributed by atoms with Crippen LogP contribution in [0.1, 0.15) is 22.0 Å². The van der Waals surface area contributed by atoms with Crippen LogP contribution in [0.3, 0.4) is 0 Å². The number of ether oxygens (including phenoxy) is 3. The van der Waals surface area contributed by atoms with E-state index in [0.29, 0.717) is 40.9 Å². The molecule has 5 heterocycles. The number of aromatic nitrogens is 6. The Labute approximate surface area is 214 Å². The number of hydrogen-bond donors (Lipinski definition) is 0. The standard InChI is InChI=1S/C23H25N7O4S2/c1-13-17(24-20(35-13)6-7-21(31)28(2)3)12-34-19-8-14(32-4)10-29-18(19)9-15(26-29)16-11-30-22(25-16)36-23(27-30)33-5/h8-11H,6-7,12H2,1-5H3. The molecule has 5 aromatic heterocycles. The van der Waals surface area contributed by atoms with Gasteiger partial charge in [-0.15, -0.1) is 16.4 Å². The second-order valence-corrected chi connectivity index (χ2v) is 10.4. The SMILES string of the molecule is COc1cc(OCc2nc(CCC(=O)N(C)C)sc2C)c2cc(-c3cn4nc(OC)sc4n3)nn2c1. The summed E-state index contributed by atoms with van der Waals surface area (Å²) in [6.45, 7) is 2.30. The summed E-state index contributed by atoms with van der Waals surface area (Å²) in [7, 11) is 6.70. The van der Waals surface area contributed by atoms with Crippen LogP contribution in [-0.4, -0.2) is 68.3 Å². The van der Waals surface area contributed by atoms with Crippen LogP contribution in [0.15, 0.2) is 24.5 Å². The van der Waals surface area contributed by atoms with E-state index in [2.05, 4.69) is 15.2 Å². The molecule has 0 aliphatic carbocycles. The van der Waals surface area contributed by atoms with Crippen molar-refractivity contribution < 1.29 is 19.0 Å². The molecule has 1 amide bonds. The minimum absolute atomic E-state index is 0.0865. The average molecular weight is 528 g/mol. The Balaban J connectivity index is 1.38. The predicted octanol–water partition coefficient (Wildman–Crippen LogP) is 3.49. The van der Waals surface area contributed by atoms with Crippen molar-refractivity contribution >= 4 is 39.1 Å². The zero-order valence-electron chi connectivity index (χ0n) is 20.5. The summed E-state index contributed by atoms with van der Waals surface area (Å²) in [6.07, 6.45) is 4.65. The van der Waals surface area contributed by atoms with Gasteiger partial charge in [-0.2, -0.15) is 5.10 Å². The fourth-order valence-corrected chi connectivity index (χ4v) is 5.23. The first-order chi connectivity index (χ1) is 17.3. The fraction of sp³-hybridized carbons (Fsp3) is 0.348. The van der Waals surface area contributed by atoms with Gasteiger partial charge >= 0.3 is 0 Å². The first-order valence-electron chi connectivity index (χ1n) is 11.1. The molecule has 0 unspecified atom stereocenters. The third kappa shape index (κ3) is 4.71. The molecule has 11 nitrogen and oxygen atoms in total. The second-order valence-electron chi connectivity index (χ2n) is 8.22. The van der Waals surface area contributed by atoms with Crippen molar-refractivity contribution in [2.24, 2.45) is 0 Å². The number of methoxy groups -OCH3 is 2. The van der Waals surface area contributed by atoms with E-state index in [1.165, 1.54) is 11.3 Å². The zero-order valence-corrected chi connectivity index (χ0v) is 22.1. The molecule has 0 saturated heterocycles. The molecule has 188 valence electrons. The summed E-state index contributed by atoms with van der Waals surface area (Å²) in [5, 5.41) is 10.5. The van der Waals surface area contributed by atoms with Crippen molar-refractivity contribution in [3.63, 3.8) is 0 Å². The molecule has 0 N–H and O–H groups in total. The first-order valence-corrected chi connectivity index (χ1v) is 12.7. The predicted molar refractivity (Wildman–Crippen MR) is 136 cm³/mol. The monoisotopic (exact) mass is 527 g/mol. The molecule has 0 atom stereocenters. The number of imidazole rings is 1. The second kappa shape index (κ2) is 9.74. The van der Waals surface area contributed by atoms with Crippen LogP contribution in [0, 0.1) is 6.92 Å². The highest BCUT2D eigenvalue weighted by molar-refractivity contribution is 7.18. The molecule has 0 saturated carbocycles. The zero-order chi connectivity index (χ0) is 25.4. The lowest BCUT2D eigenvalue weighted by Gasteiger charge is -2.09. The summed E-state index contributed by atoms with van der Waals surface area (Å²) in [6, 6.07) is 3.75. The average Bonchev–Trinajstić information content (AvgIpc) is 3.62. The van der Waals surface area contributed by atoms with Crippen molar-refractivity contribution in [3.8, 4) is 28.1 Å². The lowest BCUT2D eigenvalue weighted by Crippen LogP contribution is -2.21. The minimum atomic E-state index is 0.0865. The Morgan fingerprint density at radius 3 is 2.58 bits per heavy atom. The summed E-state index contributed by atoms with van der Waals surface area (Å²) in [4.78, 5) is 24.6. The highest BCUT2D eigenvalue weighted by atomic mass is 32.1. The molecular weight excluding hydrogens is 502 g/mol. The molecule has 13 heteroatoms. The Morgan fingerprint density at radius 1 is 1.03 bits per heavy atom. The van der Waals surface area contributed by atoms with Crippen LogP contribution in [0.25, 0.3) is 21.9 Å². The van der Waals surface area contributed by atoms with Crippen molar-refractivity contribution in [3.05, 3.63) is 40.1 Å². The van der Waals surface area contributed by atoms with E-state index in [9.17, 15) is 4.79 Å². The summed E-state index contributed by atoms with van der Waals surface area (Å²) in [5.41, 5.74) is 3.00. The van der Waals surface area contributed by atoms with Gasteiger partial charge in [0.2, 0.25) is 10.9 Å². The highest BCUT2D eigenvalue weighted by Gasteiger charge is 2.17. The van der Waals surface area contributed by atoms with Crippen molar-refractivity contribution in [2.75, 3.05) is 28.3 Å². The van der Waals surface area contributed by atoms with Crippen LogP contribution < -0.4 is 14.2 Å². The molecule has 0 bridgehead atoms. The summed E-state index contributed by atoms with van der Waals surface area (Å²) in [5.74, 6) is 1.32. The van der Waals surface area contributed by atoms with Crippen LogP contribution in [0.5, 0.6) is 16.7 Å². The molecule has 0 aliphatic heterocycles. The van der Waals surface area contributed by atoms with Gasteiger partial charge in [-0.3, -0.25) is 4.79 Å². The molecule has 0 radical (unpaired) electrons. The van der Waals surface area contributed by atoms with E-state index in [0.717, 1.165) is 26.1 Å². The van der Waals surface area contributed by atoms with Crippen LogP contribution in [0.2, 0.25) is 0 Å². The third-order valence-corrected chi connectivity index (χ3v) is 7.52. The smallest absolute Gasteiger partial charge is 0.294 e. The molecule has 5 rings (SSSR count). The van der Waals surface area contributed by atoms with Crippen LogP contribution in [0.4, 0.5) is 0 Å². The quantitative estimate of drug-likeness (QED) is 0.287. The largest absolute Gasteiger partial charge is 0.495 e. The number of rotatable bonds is 9.